The first-order valence-electron chi connectivity index (χ1n) is 8.92. The van der Waals surface area contributed by atoms with E-state index >= 15 is 0 Å². The van der Waals surface area contributed by atoms with Crippen molar-refractivity contribution >= 4 is 23.7 Å². The molecule has 0 aliphatic heterocycles. The highest BCUT2D eigenvalue weighted by molar-refractivity contribution is 5.90. The van der Waals surface area contributed by atoms with E-state index in [2.05, 4.69) is 22.9 Å². The number of amides is 3. The van der Waals surface area contributed by atoms with Crippen LogP contribution in [-0.2, 0) is 19.2 Å². The number of aliphatic carboxylic acids is 1. The zero-order valence-electron chi connectivity index (χ0n) is 15.2. The summed E-state index contributed by atoms with van der Waals surface area (Å²) in [6.45, 7) is 2.88. The van der Waals surface area contributed by atoms with Gasteiger partial charge in [0.1, 0.15) is 12.6 Å². The van der Waals surface area contributed by atoms with Crippen LogP contribution in [0.5, 0.6) is 0 Å². The third kappa shape index (κ3) is 14.0. The van der Waals surface area contributed by atoms with Gasteiger partial charge in [0, 0.05) is 6.42 Å². The van der Waals surface area contributed by atoms with Gasteiger partial charge in [-0.15, -0.1) is 0 Å². The molecule has 0 aromatic carbocycles. The van der Waals surface area contributed by atoms with E-state index in [9.17, 15) is 19.2 Å². The summed E-state index contributed by atoms with van der Waals surface area (Å²) in [5.41, 5.74) is 0. The van der Waals surface area contributed by atoms with Crippen LogP contribution in [0.25, 0.3) is 0 Å². The maximum absolute atomic E-state index is 11.8. The summed E-state index contributed by atoms with van der Waals surface area (Å²) >= 11 is 0. The highest BCUT2D eigenvalue weighted by Gasteiger charge is 2.16. The van der Waals surface area contributed by atoms with E-state index in [1.165, 1.54) is 32.6 Å². The third-order valence-corrected chi connectivity index (χ3v) is 3.64. The summed E-state index contributed by atoms with van der Waals surface area (Å²) in [7, 11) is 0. The van der Waals surface area contributed by atoms with Crippen molar-refractivity contribution < 1.29 is 24.3 Å². The van der Waals surface area contributed by atoms with Crippen LogP contribution in [0.1, 0.15) is 65.2 Å². The van der Waals surface area contributed by atoms with Crippen molar-refractivity contribution in [1.29, 1.82) is 0 Å². The number of nitrogens with one attached hydrogen (secondary N) is 3. The fourth-order valence-electron chi connectivity index (χ4n) is 2.18. The monoisotopic (exact) mass is 357 g/mol. The zero-order valence-corrected chi connectivity index (χ0v) is 15.2. The number of carbonyl (C=O) groups excluding carboxylic acids is 3. The van der Waals surface area contributed by atoms with Crippen LogP contribution in [0.15, 0.2) is 0 Å². The second-order valence-corrected chi connectivity index (χ2v) is 6.05. The van der Waals surface area contributed by atoms with E-state index in [0.29, 0.717) is 6.42 Å². The van der Waals surface area contributed by atoms with Gasteiger partial charge < -0.3 is 21.1 Å². The van der Waals surface area contributed by atoms with Crippen molar-refractivity contribution in [1.82, 2.24) is 16.0 Å². The Hall–Kier alpha value is -2.12. The molecule has 0 radical (unpaired) electrons. The molecule has 0 rings (SSSR count). The molecule has 0 heterocycles. The van der Waals surface area contributed by atoms with Crippen molar-refractivity contribution in [2.24, 2.45) is 0 Å². The highest BCUT2D eigenvalue weighted by Crippen LogP contribution is 2.08. The molecule has 0 saturated carbocycles. The Kier molecular flexibility index (Phi) is 13.0. The molecule has 0 aliphatic rings. The van der Waals surface area contributed by atoms with E-state index < -0.39 is 30.4 Å². The predicted molar refractivity (Wildman–Crippen MR) is 93.9 cm³/mol. The number of hydrogen-bond donors (Lipinski definition) is 4. The molecule has 4 N–H and O–H groups in total. The SMILES string of the molecule is CCCCCCCCCC(=O)NC(C)C(=O)NCC(=O)NCC(=O)O. The van der Waals surface area contributed by atoms with Gasteiger partial charge in [-0.25, -0.2) is 0 Å². The summed E-state index contributed by atoms with van der Waals surface area (Å²) in [6.07, 6.45) is 8.19. The van der Waals surface area contributed by atoms with Gasteiger partial charge in [0.25, 0.3) is 0 Å². The molecule has 0 saturated heterocycles. The molecule has 0 spiro atoms. The van der Waals surface area contributed by atoms with Gasteiger partial charge in [0.2, 0.25) is 17.7 Å². The molecule has 0 aliphatic carbocycles. The van der Waals surface area contributed by atoms with Gasteiger partial charge in [0.15, 0.2) is 0 Å². The molecular weight excluding hydrogens is 326 g/mol. The van der Waals surface area contributed by atoms with E-state index in [1.807, 2.05) is 0 Å². The zero-order chi connectivity index (χ0) is 19.1. The molecule has 144 valence electrons. The molecule has 1 unspecified atom stereocenters. The number of unbranched alkanes of at least 4 members (excludes halogenated alkanes) is 6. The van der Waals surface area contributed by atoms with E-state index in [1.54, 1.807) is 0 Å². The summed E-state index contributed by atoms with van der Waals surface area (Å²) in [4.78, 5) is 45.1. The highest BCUT2D eigenvalue weighted by atomic mass is 16.4. The Labute approximate surface area is 149 Å². The molecule has 0 aromatic heterocycles. The largest absolute Gasteiger partial charge is 0.480 e. The summed E-state index contributed by atoms with van der Waals surface area (Å²) < 4.78 is 0. The van der Waals surface area contributed by atoms with Crippen LogP contribution >= 0.6 is 0 Å². The molecule has 1 atom stereocenters. The lowest BCUT2D eigenvalue weighted by atomic mass is 10.1. The smallest absolute Gasteiger partial charge is 0.322 e. The second-order valence-electron chi connectivity index (χ2n) is 6.05. The number of rotatable bonds is 14. The first kappa shape index (κ1) is 22.9. The molecule has 8 nitrogen and oxygen atoms in total. The first-order chi connectivity index (χ1) is 11.9. The lowest BCUT2D eigenvalue weighted by molar-refractivity contribution is -0.138. The number of hydrogen-bond acceptors (Lipinski definition) is 4. The average molecular weight is 357 g/mol. The minimum Gasteiger partial charge on any atom is -0.480 e. The maximum Gasteiger partial charge on any atom is 0.322 e. The lowest BCUT2D eigenvalue weighted by Crippen LogP contribution is -2.47. The fourth-order valence-corrected chi connectivity index (χ4v) is 2.18. The van der Waals surface area contributed by atoms with Gasteiger partial charge in [-0.2, -0.15) is 0 Å². The fraction of sp³-hybridized carbons (Fsp3) is 0.765. The maximum atomic E-state index is 11.8. The van der Waals surface area contributed by atoms with Gasteiger partial charge in [-0.1, -0.05) is 45.4 Å². The van der Waals surface area contributed by atoms with Crippen LogP contribution in [-0.4, -0.2) is 47.9 Å². The minimum absolute atomic E-state index is 0.188. The molecular formula is C17H31N3O5. The van der Waals surface area contributed by atoms with E-state index in [4.69, 9.17) is 5.11 Å². The lowest BCUT2D eigenvalue weighted by Gasteiger charge is -2.14. The molecule has 0 bridgehead atoms. The summed E-state index contributed by atoms with van der Waals surface area (Å²) in [5, 5.41) is 15.5. The standard InChI is InChI=1S/C17H31N3O5/c1-3-4-5-6-7-8-9-10-14(21)20-13(2)17(25)19-11-15(22)18-12-16(23)24/h13H,3-12H2,1-2H3,(H,18,22)(H,19,25)(H,20,21)(H,23,24). The second kappa shape index (κ2) is 14.2. The molecule has 0 fully saturated rings. The Morgan fingerprint density at radius 3 is 2.04 bits per heavy atom. The van der Waals surface area contributed by atoms with Crippen LogP contribution in [0.2, 0.25) is 0 Å². The van der Waals surface area contributed by atoms with Crippen molar-refractivity contribution in [2.75, 3.05) is 13.1 Å². The van der Waals surface area contributed by atoms with E-state index in [-0.39, 0.29) is 12.5 Å². The Morgan fingerprint density at radius 2 is 1.44 bits per heavy atom. The summed E-state index contributed by atoms with van der Waals surface area (Å²) in [5.74, 6) is -2.44. The van der Waals surface area contributed by atoms with Crippen LogP contribution < -0.4 is 16.0 Å². The summed E-state index contributed by atoms with van der Waals surface area (Å²) in [6, 6.07) is -0.746. The van der Waals surface area contributed by atoms with Crippen LogP contribution in [0.4, 0.5) is 0 Å². The van der Waals surface area contributed by atoms with Crippen LogP contribution in [0.3, 0.4) is 0 Å². The predicted octanol–water partition coefficient (Wildman–Crippen LogP) is 0.949. The van der Waals surface area contributed by atoms with Gasteiger partial charge in [0.05, 0.1) is 6.54 Å². The molecule has 8 heteroatoms. The van der Waals surface area contributed by atoms with Gasteiger partial charge in [-0.3, -0.25) is 19.2 Å². The Balaban J connectivity index is 3.78. The minimum atomic E-state index is -1.16. The Morgan fingerprint density at radius 1 is 0.840 bits per heavy atom. The van der Waals surface area contributed by atoms with Crippen molar-refractivity contribution in [3.05, 3.63) is 0 Å². The Bertz CT molecular complexity index is 440. The molecule has 25 heavy (non-hydrogen) atoms. The number of carboxylic acid groups (broad SMARTS) is 1. The van der Waals surface area contributed by atoms with Crippen molar-refractivity contribution in [3.8, 4) is 0 Å². The van der Waals surface area contributed by atoms with Gasteiger partial charge >= 0.3 is 5.97 Å². The van der Waals surface area contributed by atoms with Crippen molar-refractivity contribution in [3.63, 3.8) is 0 Å². The third-order valence-electron chi connectivity index (χ3n) is 3.64. The number of carbonyl (C=O) groups is 4. The normalized spacial score (nSPS) is 11.4. The van der Waals surface area contributed by atoms with Gasteiger partial charge in [-0.05, 0) is 13.3 Å². The average Bonchev–Trinajstić information content (AvgIpc) is 2.56. The number of carboxylic acids is 1. The van der Waals surface area contributed by atoms with Crippen LogP contribution in [0, 0.1) is 0 Å². The first-order valence-corrected chi connectivity index (χ1v) is 8.92. The topological polar surface area (TPSA) is 125 Å². The van der Waals surface area contributed by atoms with Crippen molar-refractivity contribution in [2.45, 2.75) is 71.3 Å². The quantitative estimate of drug-likeness (QED) is 0.345. The molecule has 3 amide bonds. The van der Waals surface area contributed by atoms with E-state index in [0.717, 1.165) is 19.3 Å². The molecule has 0 aromatic rings.